The van der Waals surface area contributed by atoms with Gasteiger partial charge in [-0.2, -0.15) is 13.2 Å². The first kappa shape index (κ1) is 12.7. The Labute approximate surface area is 102 Å². The average Bonchev–Trinajstić information content (AvgIpc) is 2.74. The summed E-state index contributed by atoms with van der Waals surface area (Å²) in [6.07, 6.45) is -4.42. The molecule has 1 aromatic carbocycles. The molecule has 0 saturated carbocycles. The second-order valence-corrected chi connectivity index (χ2v) is 4.01. The molecule has 18 heavy (non-hydrogen) atoms. The molecule has 0 spiro atoms. The fourth-order valence-corrected chi connectivity index (χ4v) is 1.80. The van der Waals surface area contributed by atoms with Crippen LogP contribution in [0.3, 0.4) is 0 Å². The molecule has 96 valence electrons. The number of rotatable bonds is 2. The fraction of sp³-hybridized carbons (Fsp3) is 0.231. The molecule has 0 fully saturated rings. The summed E-state index contributed by atoms with van der Waals surface area (Å²) < 4.78 is 43.8. The van der Waals surface area contributed by atoms with Gasteiger partial charge in [0.25, 0.3) is 0 Å². The van der Waals surface area contributed by atoms with Gasteiger partial charge in [0.1, 0.15) is 11.5 Å². The molecule has 2 nitrogen and oxygen atoms in total. The van der Waals surface area contributed by atoms with Crippen molar-refractivity contribution in [2.45, 2.75) is 19.1 Å². The third-order valence-electron chi connectivity index (χ3n) is 2.67. The van der Waals surface area contributed by atoms with Gasteiger partial charge in [-0.15, -0.1) is 0 Å². The molecule has 0 amide bonds. The van der Waals surface area contributed by atoms with Crippen molar-refractivity contribution in [2.24, 2.45) is 5.73 Å². The normalized spacial score (nSPS) is 13.6. The molecule has 2 aromatic rings. The third-order valence-corrected chi connectivity index (χ3v) is 2.67. The number of alkyl halides is 3. The van der Waals surface area contributed by atoms with E-state index in [4.69, 9.17) is 10.2 Å². The van der Waals surface area contributed by atoms with E-state index in [1.54, 1.807) is 19.1 Å². The van der Waals surface area contributed by atoms with Gasteiger partial charge in [0, 0.05) is 0 Å². The van der Waals surface area contributed by atoms with E-state index in [1.165, 1.54) is 18.2 Å². The Kier molecular flexibility index (Phi) is 3.17. The lowest BCUT2D eigenvalue weighted by Crippen LogP contribution is -2.17. The maximum Gasteiger partial charge on any atom is 0.416 e. The first-order chi connectivity index (χ1) is 8.39. The van der Waals surface area contributed by atoms with Crippen LogP contribution in [-0.4, -0.2) is 0 Å². The first-order valence-corrected chi connectivity index (χ1v) is 5.37. The van der Waals surface area contributed by atoms with Crippen molar-refractivity contribution in [3.63, 3.8) is 0 Å². The molecule has 1 unspecified atom stereocenters. The average molecular weight is 255 g/mol. The standard InChI is InChI=1S/C13H12F3NO/c1-8-6-7-11(18-8)12(17)9-4-2-3-5-10(9)13(14,15)16/h2-7,12H,17H2,1H3. The van der Waals surface area contributed by atoms with Gasteiger partial charge in [-0.1, -0.05) is 18.2 Å². The number of nitrogens with two attached hydrogens (primary N) is 1. The van der Waals surface area contributed by atoms with Crippen LogP contribution in [0.5, 0.6) is 0 Å². The highest BCUT2D eigenvalue weighted by molar-refractivity contribution is 5.36. The van der Waals surface area contributed by atoms with Crippen LogP contribution in [0.15, 0.2) is 40.8 Å². The summed E-state index contributed by atoms with van der Waals surface area (Å²) in [5.41, 5.74) is 5.12. The van der Waals surface area contributed by atoms with Crippen molar-refractivity contribution >= 4 is 0 Å². The Bertz CT molecular complexity index is 545. The molecule has 0 bridgehead atoms. The van der Waals surface area contributed by atoms with Gasteiger partial charge >= 0.3 is 6.18 Å². The van der Waals surface area contributed by atoms with E-state index < -0.39 is 17.8 Å². The molecule has 2 rings (SSSR count). The Morgan fingerprint density at radius 1 is 1.11 bits per heavy atom. The van der Waals surface area contributed by atoms with Crippen LogP contribution in [0.2, 0.25) is 0 Å². The van der Waals surface area contributed by atoms with Gasteiger partial charge in [-0.05, 0) is 30.7 Å². The highest BCUT2D eigenvalue weighted by Crippen LogP contribution is 2.35. The van der Waals surface area contributed by atoms with Gasteiger partial charge in [0.05, 0.1) is 11.6 Å². The first-order valence-electron chi connectivity index (χ1n) is 5.37. The van der Waals surface area contributed by atoms with Crippen molar-refractivity contribution < 1.29 is 17.6 Å². The summed E-state index contributed by atoms with van der Waals surface area (Å²) in [5.74, 6) is 0.939. The zero-order valence-corrected chi connectivity index (χ0v) is 9.66. The Morgan fingerprint density at radius 2 is 1.78 bits per heavy atom. The van der Waals surface area contributed by atoms with Gasteiger partial charge in [0.2, 0.25) is 0 Å². The molecule has 1 atom stereocenters. The molecule has 0 radical (unpaired) electrons. The zero-order valence-electron chi connectivity index (χ0n) is 9.66. The molecular formula is C13H12F3NO. The van der Waals surface area contributed by atoms with Crippen molar-refractivity contribution in [2.75, 3.05) is 0 Å². The van der Waals surface area contributed by atoms with E-state index in [-0.39, 0.29) is 5.56 Å². The summed E-state index contributed by atoms with van der Waals surface area (Å²) in [4.78, 5) is 0. The molecule has 5 heteroatoms. The van der Waals surface area contributed by atoms with Gasteiger partial charge in [0.15, 0.2) is 0 Å². The van der Waals surface area contributed by atoms with Gasteiger partial charge in [-0.25, -0.2) is 0 Å². The Morgan fingerprint density at radius 3 is 2.33 bits per heavy atom. The molecule has 0 aliphatic rings. The van der Waals surface area contributed by atoms with Crippen LogP contribution < -0.4 is 5.73 Å². The van der Waals surface area contributed by atoms with Crippen molar-refractivity contribution in [3.05, 3.63) is 59.0 Å². The number of benzene rings is 1. The molecular weight excluding hydrogens is 243 g/mol. The predicted molar refractivity (Wildman–Crippen MR) is 60.9 cm³/mol. The summed E-state index contributed by atoms with van der Waals surface area (Å²) >= 11 is 0. The van der Waals surface area contributed by atoms with E-state index >= 15 is 0 Å². The minimum Gasteiger partial charge on any atom is -0.464 e. The number of aryl methyl sites for hydroxylation is 1. The van der Waals surface area contributed by atoms with Gasteiger partial charge < -0.3 is 10.2 Å². The lowest BCUT2D eigenvalue weighted by molar-refractivity contribution is -0.138. The largest absolute Gasteiger partial charge is 0.464 e. The van der Waals surface area contributed by atoms with Crippen LogP contribution >= 0.6 is 0 Å². The molecule has 0 aliphatic carbocycles. The second-order valence-electron chi connectivity index (χ2n) is 4.01. The highest BCUT2D eigenvalue weighted by Gasteiger charge is 2.35. The monoisotopic (exact) mass is 255 g/mol. The predicted octanol–water partition coefficient (Wildman–Crippen LogP) is 3.65. The van der Waals surface area contributed by atoms with Crippen LogP contribution in [0.25, 0.3) is 0 Å². The summed E-state index contributed by atoms with van der Waals surface area (Å²) in [5, 5.41) is 0. The lowest BCUT2D eigenvalue weighted by atomic mass is 9.99. The van der Waals surface area contributed by atoms with E-state index in [0.717, 1.165) is 6.07 Å². The van der Waals surface area contributed by atoms with Crippen LogP contribution in [0, 0.1) is 6.92 Å². The zero-order chi connectivity index (χ0) is 13.3. The molecule has 0 saturated heterocycles. The van der Waals surface area contributed by atoms with E-state index in [0.29, 0.717) is 11.5 Å². The Hall–Kier alpha value is -1.75. The second kappa shape index (κ2) is 4.49. The SMILES string of the molecule is Cc1ccc(C(N)c2ccccc2C(F)(F)F)o1. The number of furan rings is 1. The fourth-order valence-electron chi connectivity index (χ4n) is 1.80. The van der Waals surface area contributed by atoms with Crippen molar-refractivity contribution in [1.29, 1.82) is 0 Å². The molecule has 0 aliphatic heterocycles. The summed E-state index contributed by atoms with van der Waals surface area (Å²) in [6.45, 7) is 1.71. The minimum absolute atomic E-state index is 0.0133. The Balaban J connectivity index is 2.45. The number of halogens is 3. The van der Waals surface area contributed by atoms with Crippen molar-refractivity contribution in [1.82, 2.24) is 0 Å². The molecule has 1 heterocycles. The molecule has 2 N–H and O–H groups in total. The van der Waals surface area contributed by atoms with Crippen LogP contribution in [0.1, 0.15) is 28.7 Å². The maximum absolute atomic E-state index is 12.8. The summed E-state index contributed by atoms with van der Waals surface area (Å²) in [6, 6.07) is 7.60. The molecule has 1 aromatic heterocycles. The lowest BCUT2D eigenvalue weighted by Gasteiger charge is -2.16. The smallest absolute Gasteiger partial charge is 0.416 e. The quantitative estimate of drug-likeness (QED) is 0.889. The van der Waals surface area contributed by atoms with E-state index in [2.05, 4.69) is 0 Å². The maximum atomic E-state index is 12.8. The minimum atomic E-state index is -4.42. The van der Waals surface area contributed by atoms with Crippen LogP contribution in [-0.2, 0) is 6.18 Å². The third kappa shape index (κ3) is 2.41. The number of hydrogen-bond acceptors (Lipinski definition) is 2. The topological polar surface area (TPSA) is 39.2 Å². The summed E-state index contributed by atoms with van der Waals surface area (Å²) in [7, 11) is 0. The van der Waals surface area contributed by atoms with Crippen LogP contribution in [0.4, 0.5) is 13.2 Å². The van der Waals surface area contributed by atoms with Gasteiger partial charge in [-0.3, -0.25) is 0 Å². The number of hydrogen-bond donors (Lipinski definition) is 1. The van der Waals surface area contributed by atoms with E-state index in [1.807, 2.05) is 0 Å². The van der Waals surface area contributed by atoms with E-state index in [9.17, 15) is 13.2 Å². The highest BCUT2D eigenvalue weighted by atomic mass is 19.4. The van der Waals surface area contributed by atoms with Crippen molar-refractivity contribution in [3.8, 4) is 0 Å².